The highest BCUT2D eigenvalue weighted by atomic mass is 35.5. The van der Waals surface area contributed by atoms with Crippen molar-refractivity contribution in [2.75, 3.05) is 6.54 Å². The fraction of sp³-hybridized carbons (Fsp3) is 0.0435. The first-order valence-corrected chi connectivity index (χ1v) is 10.3. The highest BCUT2D eigenvalue weighted by molar-refractivity contribution is 6.36. The molecule has 4 rings (SSSR count). The number of aromatic nitrogens is 3. The van der Waals surface area contributed by atoms with Crippen molar-refractivity contribution in [3.63, 3.8) is 0 Å². The number of amides is 1. The average molecular weight is 467 g/mol. The van der Waals surface area contributed by atoms with E-state index in [9.17, 15) is 9.59 Å². The molecule has 0 spiro atoms. The van der Waals surface area contributed by atoms with Crippen LogP contribution in [0.5, 0.6) is 0 Å². The zero-order valence-electron chi connectivity index (χ0n) is 16.5. The van der Waals surface area contributed by atoms with E-state index in [2.05, 4.69) is 15.4 Å². The van der Waals surface area contributed by atoms with E-state index in [-0.39, 0.29) is 5.69 Å². The first-order chi connectivity index (χ1) is 15.4. The second-order valence-corrected chi connectivity index (χ2v) is 7.64. The topological polar surface area (TPSA) is 97.1 Å². The minimum absolute atomic E-state index is 0.0803. The van der Waals surface area contributed by atoms with Crippen LogP contribution in [0.15, 0.2) is 72.9 Å². The van der Waals surface area contributed by atoms with Crippen molar-refractivity contribution >= 4 is 35.1 Å². The molecule has 0 saturated carbocycles. The summed E-state index contributed by atoms with van der Waals surface area (Å²) in [7, 11) is 0. The summed E-state index contributed by atoms with van der Waals surface area (Å²) < 4.78 is 1.54. The van der Waals surface area contributed by atoms with Crippen molar-refractivity contribution in [1.29, 1.82) is 0 Å². The number of hydrogen-bond acceptors (Lipinski definition) is 4. The Kier molecular flexibility index (Phi) is 6.20. The van der Waals surface area contributed by atoms with Crippen LogP contribution in [0.4, 0.5) is 0 Å². The molecule has 32 heavy (non-hydrogen) atoms. The van der Waals surface area contributed by atoms with Gasteiger partial charge in [-0.25, -0.2) is 9.67 Å². The van der Waals surface area contributed by atoms with Crippen LogP contribution in [-0.2, 0) is 4.79 Å². The maximum atomic E-state index is 12.4. The van der Waals surface area contributed by atoms with E-state index in [1.165, 1.54) is 0 Å². The summed E-state index contributed by atoms with van der Waals surface area (Å²) in [6, 6.07) is 19.8. The number of carboxylic acids is 1. The predicted octanol–water partition coefficient (Wildman–Crippen LogP) is 4.72. The van der Waals surface area contributed by atoms with Crippen LogP contribution < -0.4 is 5.32 Å². The van der Waals surface area contributed by atoms with Gasteiger partial charge in [0.2, 0.25) is 0 Å². The fourth-order valence-electron chi connectivity index (χ4n) is 3.14. The molecular formula is C23H16Cl2N4O3. The number of hydrogen-bond donors (Lipinski definition) is 2. The predicted molar refractivity (Wildman–Crippen MR) is 122 cm³/mol. The molecule has 0 aliphatic rings. The Hall–Kier alpha value is -3.68. The number of rotatable bonds is 6. The molecule has 7 nitrogen and oxygen atoms in total. The second kappa shape index (κ2) is 9.21. The van der Waals surface area contributed by atoms with Gasteiger partial charge in [0, 0.05) is 27.4 Å². The zero-order chi connectivity index (χ0) is 22.7. The molecule has 0 aliphatic carbocycles. The highest BCUT2D eigenvalue weighted by Crippen LogP contribution is 2.32. The summed E-state index contributed by atoms with van der Waals surface area (Å²) in [5.74, 6) is -1.21. The molecule has 0 fully saturated rings. The molecule has 0 aliphatic heterocycles. The lowest BCUT2D eigenvalue weighted by Gasteiger charge is -2.09. The van der Waals surface area contributed by atoms with Crippen LogP contribution in [0.25, 0.3) is 28.2 Å². The van der Waals surface area contributed by atoms with E-state index >= 15 is 0 Å². The molecule has 9 heteroatoms. The lowest BCUT2D eigenvalue weighted by molar-refractivity contribution is -0.135. The Morgan fingerprint density at radius 3 is 2.38 bits per heavy atom. The third-order valence-corrected chi connectivity index (χ3v) is 5.18. The molecule has 160 valence electrons. The number of carbonyl (C=O) groups excluding carboxylic acids is 1. The first kappa shape index (κ1) is 21.5. The van der Waals surface area contributed by atoms with Gasteiger partial charge in [0.25, 0.3) is 5.91 Å². The number of carboxylic acid groups (broad SMARTS) is 1. The SMILES string of the molecule is O=C(O)CNC(=O)c1cc(-c2ccc(-c3ccc(Cl)cc3Cl)cc2)n(-c2ccccn2)n1. The quantitative estimate of drug-likeness (QED) is 0.428. The van der Waals surface area contributed by atoms with Gasteiger partial charge in [-0.3, -0.25) is 9.59 Å². The van der Waals surface area contributed by atoms with Gasteiger partial charge in [0.05, 0.1) is 5.69 Å². The molecule has 0 saturated heterocycles. The van der Waals surface area contributed by atoms with Gasteiger partial charge < -0.3 is 10.4 Å². The molecule has 2 aromatic carbocycles. The standard InChI is InChI=1S/C23H16Cl2N4O3/c24-16-8-9-17(18(25)11-16)14-4-6-15(7-5-14)20-12-19(23(32)27-13-22(30)31)28-29(20)21-3-1-2-10-26-21/h1-12H,13H2,(H,27,32)(H,30,31). The van der Waals surface area contributed by atoms with Gasteiger partial charge in [-0.15, -0.1) is 0 Å². The zero-order valence-corrected chi connectivity index (χ0v) is 18.0. The molecule has 0 radical (unpaired) electrons. The van der Waals surface area contributed by atoms with Crippen LogP contribution in [0.3, 0.4) is 0 Å². The maximum Gasteiger partial charge on any atom is 0.322 e. The fourth-order valence-corrected chi connectivity index (χ4v) is 3.66. The maximum absolute atomic E-state index is 12.4. The Bertz CT molecular complexity index is 1290. The number of carbonyl (C=O) groups is 2. The van der Waals surface area contributed by atoms with E-state index in [0.29, 0.717) is 21.6 Å². The molecular weight excluding hydrogens is 451 g/mol. The number of aliphatic carboxylic acids is 1. The van der Waals surface area contributed by atoms with Gasteiger partial charge >= 0.3 is 5.97 Å². The lowest BCUT2D eigenvalue weighted by atomic mass is 10.0. The van der Waals surface area contributed by atoms with E-state index in [1.54, 1.807) is 41.2 Å². The third kappa shape index (κ3) is 4.64. The number of halogens is 2. The van der Waals surface area contributed by atoms with Crippen LogP contribution >= 0.6 is 23.2 Å². The van der Waals surface area contributed by atoms with E-state index in [0.717, 1.165) is 16.7 Å². The minimum atomic E-state index is -1.14. The van der Waals surface area contributed by atoms with E-state index in [4.69, 9.17) is 28.3 Å². The molecule has 2 heterocycles. The van der Waals surface area contributed by atoms with Crippen molar-refractivity contribution in [2.45, 2.75) is 0 Å². The van der Waals surface area contributed by atoms with Crippen LogP contribution in [-0.4, -0.2) is 38.3 Å². The normalized spacial score (nSPS) is 10.7. The highest BCUT2D eigenvalue weighted by Gasteiger charge is 2.18. The Morgan fingerprint density at radius 2 is 1.72 bits per heavy atom. The van der Waals surface area contributed by atoms with E-state index in [1.807, 2.05) is 36.4 Å². The smallest absolute Gasteiger partial charge is 0.322 e. The summed E-state index contributed by atoms with van der Waals surface area (Å²) in [5.41, 5.74) is 3.23. The number of benzene rings is 2. The number of pyridine rings is 1. The molecule has 4 aromatic rings. The second-order valence-electron chi connectivity index (χ2n) is 6.79. The third-order valence-electron chi connectivity index (χ3n) is 4.63. The van der Waals surface area contributed by atoms with E-state index < -0.39 is 18.4 Å². The number of nitrogens with zero attached hydrogens (tertiary/aromatic N) is 3. The van der Waals surface area contributed by atoms with Crippen LogP contribution in [0.1, 0.15) is 10.5 Å². The Morgan fingerprint density at radius 1 is 0.969 bits per heavy atom. The summed E-state index contributed by atoms with van der Waals surface area (Å²) in [5, 5.41) is 16.6. The Labute approximate surface area is 193 Å². The van der Waals surface area contributed by atoms with Crippen molar-refractivity contribution in [2.24, 2.45) is 0 Å². The van der Waals surface area contributed by atoms with Crippen LogP contribution in [0, 0.1) is 0 Å². The molecule has 1 amide bonds. The van der Waals surface area contributed by atoms with Crippen molar-refractivity contribution in [3.8, 4) is 28.2 Å². The monoisotopic (exact) mass is 466 g/mol. The molecule has 0 unspecified atom stereocenters. The summed E-state index contributed by atoms with van der Waals surface area (Å²) in [4.78, 5) is 27.5. The molecule has 0 atom stereocenters. The first-order valence-electron chi connectivity index (χ1n) is 9.49. The molecule has 2 N–H and O–H groups in total. The van der Waals surface area contributed by atoms with Crippen LogP contribution in [0.2, 0.25) is 10.0 Å². The van der Waals surface area contributed by atoms with Crippen molar-refractivity contribution < 1.29 is 14.7 Å². The average Bonchev–Trinajstić information content (AvgIpc) is 3.24. The minimum Gasteiger partial charge on any atom is -0.480 e. The van der Waals surface area contributed by atoms with Gasteiger partial charge in [-0.05, 0) is 35.9 Å². The largest absolute Gasteiger partial charge is 0.480 e. The van der Waals surface area contributed by atoms with Gasteiger partial charge in [-0.1, -0.05) is 59.6 Å². The van der Waals surface area contributed by atoms with Gasteiger partial charge in [-0.2, -0.15) is 5.10 Å². The lowest BCUT2D eigenvalue weighted by Crippen LogP contribution is -2.29. The van der Waals surface area contributed by atoms with Gasteiger partial charge in [0.1, 0.15) is 6.54 Å². The summed E-state index contributed by atoms with van der Waals surface area (Å²) in [6.45, 7) is -0.499. The van der Waals surface area contributed by atoms with Crippen molar-refractivity contribution in [3.05, 3.63) is 88.7 Å². The van der Waals surface area contributed by atoms with Crippen molar-refractivity contribution in [1.82, 2.24) is 20.1 Å². The molecule has 0 bridgehead atoms. The Balaban J connectivity index is 1.73. The molecule has 2 aromatic heterocycles. The number of nitrogens with one attached hydrogen (secondary N) is 1. The van der Waals surface area contributed by atoms with Gasteiger partial charge in [0.15, 0.2) is 11.5 Å². The summed E-state index contributed by atoms with van der Waals surface area (Å²) in [6.07, 6.45) is 1.62. The summed E-state index contributed by atoms with van der Waals surface area (Å²) >= 11 is 12.3.